The van der Waals surface area contributed by atoms with Gasteiger partial charge in [0.15, 0.2) is 0 Å². The van der Waals surface area contributed by atoms with Crippen molar-refractivity contribution in [2.45, 2.75) is 46.1 Å². The molecule has 0 aromatic rings. The van der Waals surface area contributed by atoms with Gasteiger partial charge >= 0.3 is 51.4 Å². The molecule has 0 bridgehead atoms. The first kappa shape index (κ1) is 13.6. The summed E-state index contributed by atoms with van der Waals surface area (Å²) >= 11 is 0. The monoisotopic (exact) mass is 196 g/mol. The van der Waals surface area contributed by atoms with Crippen molar-refractivity contribution in [1.29, 1.82) is 0 Å². The molecule has 0 aromatic heterocycles. The number of hydrogen-bond acceptors (Lipinski definition) is 1. The Morgan fingerprint density at radius 1 is 1.33 bits per heavy atom. The summed E-state index contributed by atoms with van der Waals surface area (Å²) in [5, 5.41) is 9.71. The quantitative estimate of drug-likeness (QED) is 0.564. The van der Waals surface area contributed by atoms with Crippen molar-refractivity contribution in [3.8, 4) is 0 Å². The normalized spacial score (nSPS) is 36.2. The molecule has 2 heteroatoms. The summed E-state index contributed by atoms with van der Waals surface area (Å²) in [6, 6.07) is 0. The standard InChI is InChI=1S/C10H20O.K.H/c1-7(2)9-5-4-8(3)6-10(9)11;;/h7-11H,4-6H2,1-3H3;;/q;+1;-1. The second-order valence-corrected chi connectivity index (χ2v) is 4.39. The molecule has 12 heavy (non-hydrogen) atoms. The minimum absolute atomic E-state index is 0. The summed E-state index contributed by atoms with van der Waals surface area (Å²) < 4.78 is 0. The summed E-state index contributed by atoms with van der Waals surface area (Å²) in [6.07, 6.45) is 3.52. The van der Waals surface area contributed by atoms with E-state index in [0.717, 1.165) is 12.3 Å². The third-order valence-electron chi connectivity index (χ3n) is 2.99. The first-order chi connectivity index (χ1) is 5.11. The molecule has 3 unspecified atom stereocenters. The maximum Gasteiger partial charge on any atom is 1.00 e. The fraction of sp³-hybridized carbons (Fsp3) is 1.00. The molecule has 0 heterocycles. The van der Waals surface area contributed by atoms with Crippen LogP contribution >= 0.6 is 0 Å². The topological polar surface area (TPSA) is 20.2 Å². The fourth-order valence-electron chi connectivity index (χ4n) is 2.15. The van der Waals surface area contributed by atoms with Gasteiger partial charge in [-0.25, -0.2) is 0 Å². The number of hydrogen-bond donors (Lipinski definition) is 1. The van der Waals surface area contributed by atoms with E-state index in [1.54, 1.807) is 0 Å². The van der Waals surface area contributed by atoms with E-state index in [-0.39, 0.29) is 58.9 Å². The third-order valence-corrected chi connectivity index (χ3v) is 2.99. The summed E-state index contributed by atoms with van der Waals surface area (Å²) in [7, 11) is 0. The third kappa shape index (κ3) is 3.77. The van der Waals surface area contributed by atoms with E-state index >= 15 is 0 Å². The number of rotatable bonds is 1. The summed E-state index contributed by atoms with van der Waals surface area (Å²) in [6.45, 7) is 6.66. The van der Waals surface area contributed by atoms with Gasteiger partial charge in [0.2, 0.25) is 0 Å². The van der Waals surface area contributed by atoms with Gasteiger partial charge in [-0.1, -0.05) is 27.2 Å². The van der Waals surface area contributed by atoms with Gasteiger partial charge in [-0.15, -0.1) is 0 Å². The molecule has 0 aromatic carbocycles. The van der Waals surface area contributed by atoms with Crippen LogP contribution in [-0.4, -0.2) is 11.2 Å². The van der Waals surface area contributed by atoms with Gasteiger partial charge in [-0.3, -0.25) is 0 Å². The molecule has 0 amide bonds. The van der Waals surface area contributed by atoms with Crippen molar-refractivity contribution in [3.05, 3.63) is 0 Å². The molecule has 1 aliphatic carbocycles. The van der Waals surface area contributed by atoms with Crippen molar-refractivity contribution < 1.29 is 57.9 Å². The Balaban J connectivity index is 0. The minimum atomic E-state index is -0.0289. The summed E-state index contributed by atoms with van der Waals surface area (Å²) in [5.74, 6) is 1.95. The van der Waals surface area contributed by atoms with Crippen molar-refractivity contribution in [3.63, 3.8) is 0 Å². The second-order valence-electron chi connectivity index (χ2n) is 4.39. The fourth-order valence-corrected chi connectivity index (χ4v) is 2.15. The van der Waals surface area contributed by atoms with Crippen molar-refractivity contribution in [2.24, 2.45) is 17.8 Å². The smallest absolute Gasteiger partial charge is 1.00 e. The van der Waals surface area contributed by atoms with Gasteiger partial charge in [0.1, 0.15) is 0 Å². The average molecular weight is 196 g/mol. The predicted molar refractivity (Wildman–Crippen MR) is 48.5 cm³/mol. The Labute approximate surface area is 120 Å². The Bertz CT molecular complexity index is 130. The maximum atomic E-state index is 9.71. The molecule has 1 N–H and O–H groups in total. The van der Waals surface area contributed by atoms with Crippen LogP contribution in [0, 0.1) is 17.8 Å². The van der Waals surface area contributed by atoms with E-state index in [1.165, 1.54) is 12.8 Å². The molecule has 1 saturated carbocycles. The molecule has 3 atom stereocenters. The Kier molecular flexibility index (Phi) is 6.97. The molecule has 0 spiro atoms. The Hall–Kier alpha value is 1.60. The van der Waals surface area contributed by atoms with Gasteiger partial charge in [0.05, 0.1) is 6.10 Å². The number of aliphatic hydroxyl groups excluding tert-OH is 1. The largest absolute Gasteiger partial charge is 1.00 e. The van der Waals surface area contributed by atoms with E-state index in [4.69, 9.17) is 0 Å². The van der Waals surface area contributed by atoms with Crippen LogP contribution in [0.2, 0.25) is 0 Å². The Morgan fingerprint density at radius 2 is 1.92 bits per heavy atom. The molecule has 1 nitrogen and oxygen atoms in total. The van der Waals surface area contributed by atoms with Crippen LogP contribution in [-0.2, 0) is 0 Å². The van der Waals surface area contributed by atoms with Crippen LogP contribution < -0.4 is 51.4 Å². The minimum Gasteiger partial charge on any atom is -1.00 e. The molecule has 68 valence electrons. The molecule has 1 rings (SSSR count). The Morgan fingerprint density at radius 3 is 2.33 bits per heavy atom. The van der Waals surface area contributed by atoms with Crippen LogP contribution in [0.4, 0.5) is 0 Å². The van der Waals surface area contributed by atoms with Gasteiger partial charge in [-0.2, -0.15) is 0 Å². The second kappa shape index (κ2) is 6.15. The molecular weight excluding hydrogens is 175 g/mol. The van der Waals surface area contributed by atoms with Crippen LogP contribution in [0.5, 0.6) is 0 Å². The van der Waals surface area contributed by atoms with Crippen molar-refractivity contribution >= 4 is 0 Å². The van der Waals surface area contributed by atoms with E-state index in [0.29, 0.717) is 11.8 Å². The van der Waals surface area contributed by atoms with Crippen LogP contribution in [0.3, 0.4) is 0 Å². The molecule has 1 fully saturated rings. The van der Waals surface area contributed by atoms with Crippen molar-refractivity contribution in [2.75, 3.05) is 0 Å². The first-order valence-corrected chi connectivity index (χ1v) is 4.79. The van der Waals surface area contributed by atoms with Gasteiger partial charge in [0, 0.05) is 0 Å². The number of aliphatic hydroxyl groups is 1. The molecule has 0 radical (unpaired) electrons. The predicted octanol–water partition coefficient (Wildman–Crippen LogP) is -0.444. The van der Waals surface area contributed by atoms with Gasteiger partial charge in [0.25, 0.3) is 0 Å². The van der Waals surface area contributed by atoms with Gasteiger partial charge < -0.3 is 6.53 Å². The molecular formula is C10H21KO. The van der Waals surface area contributed by atoms with Crippen molar-refractivity contribution in [1.82, 2.24) is 0 Å². The van der Waals surface area contributed by atoms with Crippen LogP contribution in [0.15, 0.2) is 0 Å². The molecule has 0 saturated heterocycles. The zero-order chi connectivity index (χ0) is 8.43. The van der Waals surface area contributed by atoms with E-state index in [9.17, 15) is 5.11 Å². The van der Waals surface area contributed by atoms with Gasteiger partial charge in [-0.05, 0) is 30.6 Å². The van der Waals surface area contributed by atoms with Crippen LogP contribution in [0.25, 0.3) is 0 Å². The van der Waals surface area contributed by atoms with Crippen LogP contribution in [0.1, 0.15) is 41.5 Å². The SMILES string of the molecule is CC1CCC(C(C)C)C(O)C1.[H-].[K+]. The van der Waals surface area contributed by atoms with E-state index in [1.807, 2.05) is 0 Å². The molecule has 1 aliphatic rings. The first-order valence-electron chi connectivity index (χ1n) is 4.79. The van der Waals surface area contributed by atoms with E-state index < -0.39 is 0 Å². The summed E-state index contributed by atoms with van der Waals surface area (Å²) in [5.41, 5.74) is 0. The molecule has 0 aliphatic heterocycles. The zero-order valence-corrected chi connectivity index (χ0v) is 12.0. The zero-order valence-electron chi connectivity index (χ0n) is 9.88. The average Bonchev–Trinajstić information content (AvgIpc) is 1.85. The van der Waals surface area contributed by atoms with E-state index in [2.05, 4.69) is 20.8 Å². The maximum absolute atomic E-state index is 9.71. The summed E-state index contributed by atoms with van der Waals surface area (Å²) in [4.78, 5) is 0.